The van der Waals surface area contributed by atoms with Crippen molar-refractivity contribution >= 4 is 23.0 Å². The summed E-state index contributed by atoms with van der Waals surface area (Å²) in [7, 11) is 0. The summed E-state index contributed by atoms with van der Waals surface area (Å²) in [4.78, 5) is 25.2. The van der Waals surface area contributed by atoms with Crippen molar-refractivity contribution in [3.63, 3.8) is 0 Å². The first-order valence-electron chi connectivity index (χ1n) is 8.27. The zero-order valence-electron chi connectivity index (χ0n) is 14.3. The molecule has 3 heterocycles. The Balaban J connectivity index is 1.65. The van der Waals surface area contributed by atoms with Crippen LogP contribution in [0.2, 0.25) is 0 Å². The van der Waals surface area contributed by atoms with E-state index in [4.69, 9.17) is 10.1 Å². The average molecular weight is 356 g/mol. The van der Waals surface area contributed by atoms with Gasteiger partial charge in [0, 0.05) is 38.5 Å². The number of likely N-dealkylation sites (tertiary alicyclic amines) is 1. The summed E-state index contributed by atoms with van der Waals surface area (Å²) in [6, 6.07) is 1.74. The van der Waals surface area contributed by atoms with Gasteiger partial charge in [0.2, 0.25) is 11.8 Å². The highest BCUT2D eigenvalue weighted by Crippen LogP contribution is 2.23. The minimum absolute atomic E-state index is 0.0639. The summed E-state index contributed by atoms with van der Waals surface area (Å²) in [6.45, 7) is 2.98. The SMILES string of the molecule is CC(=O)N1CCC(N/C=C(\C=N)Oc2nc(O)c3ccncc3n2)CC1. The van der Waals surface area contributed by atoms with E-state index in [0.717, 1.165) is 19.1 Å². The molecule has 9 nitrogen and oxygen atoms in total. The van der Waals surface area contributed by atoms with E-state index < -0.39 is 0 Å². The average Bonchev–Trinajstić information content (AvgIpc) is 2.65. The number of pyridine rings is 1. The van der Waals surface area contributed by atoms with Crippen LogP contribution in [0.5, 0.6) is 11.9 Å². The van der Waals surface area contributed by atoms with Crippen molar-refractivity contribution in [2.24, 2.45) is 0 Å². The second kappa shape index (κ2) is 7.77. The van der Waals surface area contributed by atoms with Crippen molar-refractivity contribution in [1.29, 1.82) is 5.41 Å². The van der Waals surface area contributed by atoms with E-state index in [-0.39, 0.29) is 29.6 Å². The fraction of sp³-hybridized carbons (Fsp3) is 0.353. The fourth-order valence-electron chi connectivity index (χ4n) is 2.76. The van der Waals surface area contributed by atoms with Gasteiger partial charge >= 0.3 is 6.01 Å². The molecule has 1 aliphatic rings. The predicted octanol–water partition coefficient (Wildman–Crippen LogP) is 1.20. The van der Waals surface area contributed by atoms with Crippen molar-refractivity contribution < 1.29 is 14.6 Å². The summed E-state index contributed by atoms with van der Waals surface area (Å²) < 4.78 is 5.48. The lowest BCUT2D eigenvalue weighted by molar-refractivity contribution is -0.129. The lowest BCUT2D eigenvalue weighted by Gasteiger charge is -2.31. The minimum atomic E-state index is -0.207. The minimum Gasteiger partial charge on any atom is -0.493 e. The largest absolute Gasteiger partial charge is 0.493 e. The second-order valence-corrected chi connectivity index (χ2v) is 5.96. The summed E-state index contributed by atoms with van der Waals surface area (Å²) in [5.74, 6) is 0.0909. The normalized spacial score (nSPS) is 15.7. The van der Waals surface area contributed by atoms with Crippen molar-refractivity contribution in [3.05, 3.63) is 30.4 Å². The maximum Gasteiger partial charge on any atom is 0.326 e. The van der Waals surface area contributed by atoms with Crippen LogP contribution in [-0.2, 0) is 4.79 Å². The topological polar surface area (TPSA) is 124 Å². The van der Waals surface area contributed by atoms with Crippen LogP contribution in [0.4, 0.5) is 0 Å². The number of fused-ring (bicyclic) bond motifs is 1. The van der Waals surface area contributed by atoms with Crippen LogP contribution in [0.15, 0.2) is 30.4 Å². The van der Waals surface area contributed by atoms with Gasteiger partial charge in [-0.3, -0.25) is 9.78 Å². The Bertz CT molecular complexity index is 846. The van der Waals surface area contributed by atoms with E-state index in [9.17, 15) is 9.90 Å². The molecule has 0 bridgehead atoms. The van der Waals surface area contributed by atoms with Crippen molar-refractivity contribution in [1.82, 2.24) is 25.2 Å². The molecule has 0 aliphatic carbocycles. The molecule has 1 fully saturated rings. The molecule has 0 spiro atoms. The zero-order valence-corrected chi connectivity index (χ0v) is 14.3. The maximum atomic E-state index is 11.3. The van der Waals surface area contributed by atoms with Gasteiger partial charge in [-0.1, -0.05) is 0 Å². The number of allylic oxidation sites excluding steroid dienone is 1. The molecule has 0 atom stereocenters. The van der Waals surface area contributed by atoms with E-state index in [2.05, 4.69) is 20.3 Å². The van der Waals surface area contributed by atoms with E-state index in [0.29, 0.717) is 24.0 Å². The molecule has 2 aromatic rings. The molecular formula is C17H20N6O3. The maximum absolute atomic E-state index is 11.3. The van der Waals surface area contributed by atoms with Gasteiger partial charge in [-0.2, -0.15) is 9.97 Å². The zero-order chi connectivity index (χ0) is 18.5. The number of rotatable bonds is 5. The van der Waals surface area contributed by atoms with Crippen molar-refractivity contribution in [3.8, 4) is 11.9 Å². The number of piperidine rings is 1. The molecule has 0 radical (unpaired) electrons. The molecule has 0 saturated carbocycles. The standard InChI is InChI=1S/C17H20N6O3/c1-11(24)23-6-3-12(4-7-23)20-9-13(8-18)26-17-21-15-10-19-5-2-14(15)16(25)22-17/h2,5,8-10,12,18,20H,3-4,6-7H2,1H3,(H,21,22,25)/b13-9+,18-8?. The van der Waals surface area contributed by atoms with Gasteiger partial charge in [-0.05, 0) is 18.9 Å². The number of aromatic nitrogens is 3. The van der Waals surface area contributed by atoms with E-state index >= 15 is 0 Å². The Kier molecular flexibility index (Phi) is 5.26. The second-order valence-electron chi connectivity index (χ2n) is 5.96. The number of nitrogens with zero attached hydrogens (tertiary/aromatic N) is 4. The van der Waals surface area contributed by atoms with E-state index in [1.165, 1.54) is 12.4 Å². The Morgan fingerprint density at radius 2 is 2.19 bits per heavy atom. The van der Waals surface area contributed by atoms with Gasteiger partial charge in [0.15, 0.2) is 5.76 Å². The van der Waals surface area contributed by atoms with Gasteiger partial charge in [0.05, 0.1) is 23.3 Å². The highest BCUT2D eigenvalue weighted by Gasteiger charge is 2.19. The molecule has 0 aromatic carbocycles. The molecule has 26 heavy (non-hydrogen) atoms. The molecule has 136 valence electrons. The van der Waals surface area contributed by atoms with Gasteiger partial charge in [-0.15, -0.1) is 0 Å². The quantitative estimate of drug-likeness (QED) is 0.543. The lowest BCUT2D eigenvalue weighted by atomic mass is 10.1. The Morgan fingerprint density at radius 3 is 2.88 bits per heavy atom. The smallest absolute Gasteiger partial charge is 0.326 e. The highest BCUT2D eigenvalue weighted by molar-refractivity contribution is 5.82. The Hall–Kier alpha value is -3.23. The van der Waals surface area contributed by atoms with Crippen LogP contribution in [0.3, 0.4) is 0 Å². The molecule has 1 amide bonds. The van der Waals surface area contributed by atoms with Gasteiger partial charge < -0.3 is 25.5 Å². The van der Waals surface area contributed by atoms with Crippen LogP contribution < -0.4 is 10.1 Å². The summed E-state index contributed by atoms with van der Waals surface area (Å²) in [5.41, 5.74) is 0.448. The lowest BCUT2D eigenvalue weighted by Crippen LogP contribution is -2.43. The predicted molar refractivity (Wildman–Crippen MR) is 94.9 cm³/mol. The van der Waals surface area contributed by atoms with Crippen LogP contribution in [0.1, 0.15) is 19.8 Å². The van der Waals surface area contributed by atoms with Gasteiger partial charge in [-0.25, -0.2) is 0 Å². The monoisotopic (exact) mass is 356 g/mol. The van der Waals surface area contributed by atoms with Crippen molar-refractivity contribution in [2.75, 3.05) is 13.1 Å². The molecule has 0 unspecified atom stereocenters. The number of hydrogen-bond acceptors (Lipinski definition) is 8. The van der Waals surface area contributed by atoms with Crippen LogP contribution in [0.25, 0.3) is 10.9 Å². The van der Waals surface area contributed by atoms with Gasteiger partial charge in [0.25, 0.3) is 0 Å². The number of hydrogen-bond donors (Lipinski definition) is 3. The third-order valence-corrected chi connectivity index (χ3v) is 4.21. The van der Waals surface area contributed by atoms with E-state index in [1.54, 1.807) is 19.2 Å². The Morgan fingerprint density at radius 1 is 1.42 bits per heavy atom. The number of amides is 1. The molecule has 9 heteroatoms. The third kappa shape index (κ3) is 4.05. The van der Waals surface area contributed by atoms with Crippen LogP contribution in [-0.4, -0.2) is 56.2 Å². The first-order chi connectivity index (χ1) is 12.6. The molecule has 2 aromatic heterocycles. The molecule has 1 aliphatic heterocycles. The van der Waals surface area contributed by atoms with Crippen LogP contribution >= 0.6 is 0 Å². The first-order valence-corrected chi connectivity index (χ1v) is 8.27. The van der Waals surface area contributed by atoms with Gasteiger partial charge in [0.1, 0.15) is 0 Å². The van der Waals surface area contributed by atoms with Crippen molar-refractivity contribution in [2.45, 2.75) is 25.8 Å². The van der Waals surface area contributed by atoms with Crippen LogP contribution in [0, 0.1) is 5.41 Å². The highest BCUT2D eigenvalue weighted by atomic mass is 16.5. The molecule has 1 saturated heterocycles. The number of ether oxygens (including phenoxy) is 1. The number of carbonyl (C=O) groups is 1. The molecule has 3 N–H and O–H groups in total. The first kappa shape index (κ1) is 17.6. The summed E-state index contributed by atoms with van der Waals surface area (Å²) in [6.07, 6.45) is 7.29. The number of carbonyl (C=O) groups excluding carboxylic acids is 1. The summed E-state index contributed by atoms with van der Waals surface area (Å²) >= 11 is 0. The third-order valence-electron chi connectivity index (χ3n) is 4.21. The number of aromatic hydroxyl groups is 1. The Labute approximate surface area is 150 Å². The summed E-state index contributed by atoms with van der Waals surface area (Å²) in [5, 5.41) is 21.1. The molecule has 3 rings (SSSR count). The fourth-order valence-corrected chi connectivity index (χ4v) is 2.76. The van der Waals surface area contributed by atoms with E-state index in [1.807, 2.05) is 4.90 Å². The molecular weight excluding hydrogens is 336 g/mol. The number of nitrogens with one attached hydrogen (secondary N) is 2.